The molecule has 0 unspecified atom stereocenters. The summed E-state index contributed by atoms with van der Waals surface area (Å²) in [7, 11) is 4.32. The Balaban J connectivity index is 1.87. The molecule has 3 N–H and O–H groups in total. The Labute approximate surface area is 168 Å². The van der Waals surface area contributed by atoms with Crippen LogP contribution in [-0.2, 0) is 9.59 Å². The van der Waals surface area contributed by atoms with Gasteiger partial charge in [-0.15, -0.1) is 0 Å². The zero-order chi connectivity index (χ0) is 21.2. The van der Waals surface area contributed by atoms with Crippen molar-refractivity contribution in [1.29, 1.82) is 0 Å². The van der Waals surface area contributed by atoms with Crippen molar-refractivity contribution in [3.05, 3.63) is 48.0 Å². The van der Waals surface area contributed by atoms with Gasteiger partial charge in [0.25, 0.3) is 5.91 Å². The Morgan fingerprint density at radius 3 is 1.93 bits per heavy atom. The quantitative estimate of drug-likeness (QED) is 0.582. The molecular formula is C20H23N3O6. The largest absolute Gasteiger partial charge is 0.493 e. The van der Waals surface area contributed by atoms with E-state index in [1.54, 1.807) is 24.3 Å². The van der Waals surface area contributed by atoms with Crippen LogP contribution < -0.4 is 30.4 Å². The first-order chi connectivity index (χ1) is 14.0. The normalized spacial score (nSPS) is 9.90. The summed E-state index contributed by atoms with van der Waals surface area (Å²) in [5.74, 6) is -0.426. The molecule has 0 aliphatic carbocycles. The Bertz CT molecular complexity index is 845. The van der Waals surface area contributed by atoms with E-state index in [9.17, 15) is 14.4 Å². The minimum Gasteiger partial charge on any atom is -0.493 e. The van der Waals surface area contributed by atoms with E-state index in [1.165, 1.54) is 33.5 Å². The summed E-state index contributed by atoms with van der Waals surface area (Å²) in [6.45, 7) is 0. The molecule has 0 aliphatic heterocycles. The molecule has 0 heterocycles. The highest BCUT2D eigenvalue weighted by Crippen LogP contribution is 2.38. The molecule has 0 fully saturated rings. The fraction of sp³-hybridized carbons (Fsp3) is 0.250. The second kappa shape index (κ2) is 10.5. The number of hydrazine groups is 1. The van der Waals surface area contributed by atoms with Crippen LogP contribution in [0.1, 0.15) is 23.2 Å². The fourth-order valence-corrected chi connectivity index (χ4v) is 2.45. The van der Waals surface area contributed by atoms with Crippen molar-refractivity contribution < 1.29 is 28.6 Å². The minimum absolute atomic E-state index is 0.0270. The van der Waals surface area contributed by atoms with Crippen LogP contribution >= 0.6 is 0 Å². The third-order valence-electron chi connectivity index (χ3n) is 3.88. The zero-order valence-corrected chi connectivity index (χ0v) is 16.4. The Morgan fingerprint density at radius 2 is 1.38 bits per heavy atom. The molecule has 0 saturated heterocycles. The number of amides is 3. The lowest BCUT2D eigenvalue weighted by molar-refractivity contribution is -0.124. The molecule has 9 heteroatoms. The highest BCUT2D eigenvalue weighted by molar-refractivity contribution is 5.97. The van der Waals surface area contributed by atoms with Gasteiger partial charge >= 0.3 is 0 Å². The summed E-state index contributed by atoms with van der Waals surface area (Å²) in [4.78, 5) is 36.1. The van der Waals surface area contributed by atoms with E-state index < -0.39 is 11.8 Å². The standard InChI is InChI=1S/C20H23N3O6/c1-27-15-11-13(12-16(28-2)19(15)29-3)20(26)23-22-18(25)10-9-17(24)21-14-7-5-4-6-8-14/h4-8,11-12H,9-10H2,1-3H3,(H,21,24)(H,22,25)(H,23,26). The molecule has 29 heavy (non-hydrogen) atoms. The van der Waals surface area contributed by atoms with E-state index in [0.717, 1.165) is 0 Å². The third-order valence-corrected chi connectivity index (χ3v) is 3.88. The minimum atomic E-state index is -0.577. The molecule has 2 aromatic carbocycles. The molecule has 0 aromatic heterocycles. The van der Waals surface area contributed by atoms with Crippen molar-refractivity contribution in [3.8, 4) is 17.2 Å². The maximum atomic E-state index is 12.3. The second-order valence-electron chi connectivity index (χ2n) is 5.83. The van der Waals surface area contributed by atoms with E-state index in [2.05, 4.69) is 16.2 Å². The number of anilines is 1. The number of para-hydroxylation sites is 1. The summed E-state index contributed by atoms with van der Waals surface area (Å²) in [6, 6.07) is 11.8. The second-order valence-corrected chi connectivity index (χ2v) is 5.83. The number of rotatable bonds is 8. The van der Waals surface area contributed by atoms with Crippen LogP contribution in [0.2, 0.25) is 0 Å². The van der Waals surface area contributed by atoms with E-state index in [0.29, 0.717) is 22.9 Å². The molecule has 2 aromatic rings. The Kier molecular flexibility index (Phi) is 7.84. The topological polar surface area (TPSA) is 115 Å². The van der Waals surface area contributed by atoms with Gasteiger partial charge in [-0.05, 0) is 24.3 Å². The average molecular weight is 401 g/mol. The van der Waals surface area contributed by atoms with E-state index in [-0.39, 0.29) is 24.3 Å². The first kappa shape index (κ1) is 21.5. The maximum Gasteiger partial charge on any atom is 0.269 e. The van der Waals surface area contributed by atoms with Crippen molar-refractivity contribution >= 4 is 23.4 Å². The average Bonchev–Trinajstić information content (AvgIpc) is 2.75. The fourth-order valence-electron chi connectivity index (χ4n) is 2.45. The van der Waals surface area contributed by atoms with Crippen molar-refractivity contribution in [2.45, 2.75) is 12.8 Å². The number of ether oxygens (including phenoxy) is 3. The van der Waals surface area contributed by atoms with Crippen molar-refractivity contribution in [1.82, 2.24) is 10.9 Å². The number of benzene rings is 2. The lowest BCUT2D eigenvalue weighted by Gasteiger charge is -2.14. The molecule has 0 atom stereocenters. The Hall–Kier alpha value is -3.75. The van der Waals surface area contributed by atoms with Gasteiger partial charge in [-0.25, -0.2) is 0 Å². The van der Waals surface area contributed by atoms with Gasteiger partial charge in [-0.3, -0.25) is 25.2 Å². The van der Waals surface area contributed by atoms with E-state index in [4.69, 9.17) is 14.2 Å². The van der Waals surface area contributed by atoms with Crippen LogP contribution in [0, 0.1) is 0 Å². The Morgan fingerprint density at radius 1 is 0.793 bits per heavy atom. The number of nitrogens with one attached hydrogen (secondary N) is 3. The van der Waals surface area contributed by atoms with Gasteiger partial charge in [0.1, 0.15) is 0 Å². The molecule has 154 valence electrons. The van der Waals surface area contributed by atoms with Crippen molar-refractivity contribution in [2.75, 3.05) is 26.6 Å². The smallest absolute Gasteiger partial charge is 0.269 e. The molecule has 0 radical (unpaired) electrons. The van der Waals surface area contributed by atoms with Crippen molar-refractivity contribution in [2.24, 2.45) is 0 Å². The predicted molar refractivity (Wildman–Crippen MR) is 106 cm³/mol. The summed E-state index contributed by atoms with van der Waals surface area (Å²) in [5.41, 5.74) is 5.41. The molecule has 0 saturated carbocycles. The SMILES string of the molecule is COc1cc(C(=O)NNC(=O)CCC(=O)Nc2ccccc2)cc(OC)c1OC. The molecular weight excluding hydrogens is 378 g/mol. The van der Waals surface area contributed by atoms with Crippen LogP contribution in [-0.4, -0.2) is 39.1 Å². The summed E-state index contributed by atoms with van der Waals surface area (Å²) in [5, 5.41) is 2.68. The monoisotopic (exact) mass is 401 g/mol. The molecule has 0 aliphatic rings. The number of methoxy groups -OCH3 is 3. The third kappa shape index (κ3) is 6.13. The first-order valence-corrected chi connectivity index (χ1v) is 8.72. The molecule has 9 nitrogen and oxygen atoms in total. The molecule has 0 bridgehead atoms. The lowest BCUT2D eigenvalue weighted by Crippen LogP contribution is -2.41. The number of carbonyl (C=O) groups excluding carboxylic acids is 3. The van der Waals surface area contributed by atoms with Gasteiger partial charge in [0.15, 0.2) is 11.5 Å². The summed E-state index contributed by atoms with van der Waals surface area (Å²) < 4.78 is 15.6. The summed E-state index contributed by atoms with van der Waals surface area (Å²) in [6.07, 6.45) is -0.116. The first-order valence-electron chi connectivity index (χ1n) is 8.72. The molecule has 2 rings (SSSR count). The predicted octanol–water partition coefficient (Wildman–Crippen LogP) is 1.89. The summed E-state index contributed by atoms with van der Waals surface area (Å²) >= 11 is 0. The zero-order valence-electron chi connectivity index (χ0n) is 16.4. The highest BCUT2D eigenvalue weighted by Gasteiger charge is 2.17. The van der Waals surface area contributed by atoms with Crippen LogP contribution in [0.15, 0.2) is 42.5 Å². The van der Waals surface area contributed by atoms with Crippen LogP contribution in [0.5, 0.6) is 17.2 Å². The van der Waals surface area contributed by atoms with Gasteiger partial charge in [-0.2, -0.15) is 0 Å². The number of hydrogen-bond acceptors (Lipinski definition) is 6. The van der Waals surface area contributed by atoms with Crippen molar-refractivity contribution in [3.63, 3.8) is 0 Å². The molecule has 3 amide bonds. The number of carbonyl (C=O) groups is 3. The number of hydrogen-bond donors (Lipinski definition) is 3. The molecule has 0 spiro atoms. The van der Waals surface area contributed by atoms with Crippen LogP contribution in [0.25, 0.3) is 0 Å². The highest BCUT2D eigenvalue weighted by atomic mass is 16.5. The van der Waals surface area contributed by atoms with Crippen LogP contribution in [0.3, 0.4) is 0 Å². The van der Waals surface area contributed by atoms with Crippen LogP contribution in [0.4, 0.5) is 5.69 Å². The maximum absolute atomic E-state index is 12.3. The van der Waals surface area contributed by atoms with Gasteiger partial charge in [0.2, 0.25) is 17.6 Å². The van der Waals surface area contributed by atoms with E-state index in [1.807, 2.05) is 6.07 Å². The van der Waals surface area contributed by atoms with E-state index >= 15 is 0 Å². The van der Waals surface area contributed by atoms with Gasteiger partial charge in [0, 0.05) is 24.1 Å². The van der Waals surface area contributed by atoms with Gasteiger partial charge in [0.05, 0.1) is 21.3 Å². The van der Waals surface area contributed by atoms with Gasteiger partial charge in [-0.1, -0.05) is 18.2 Å². The van der Waals surface area contributed by atoms with Gasteiger partial charge < -0.3 is 19.5 Å². The lowest BCUT2D eigenvalue weighted by atomic mass is 10.1.